The number of nitrogens with zero attached hydrogens (tertiary/aromatic N) is 2. The number of pyridine rings is 1. The first kappa shape index (κ1) is 12.9. The molecule has 0 bridgehead atoms. The van der Waals surface area contributed by atoms with Gasteiger partial charge in [-0.3, -0.25) is 4.79 Å². The summed E-state index contributed by atoms with van der Waals surface area (Å²) < 4.78 is 0. The number of rotatable bonds is 4. The third-order valence-electron chi connectivity index (χ3n) is 3.53. The Balaban J connectivity index is 2.03. The molecule has 0 atom stereocenters. The molecule has 1 aliphatic rings. The van der Waals surface area contributed by atoms with Gasteiger partial charge in [0, 0.05) is 19.5 Å². The van der Waals surface area contributed by atoms with Crippen molar-refractivity contribution in [3.8, 4) is 0 Å². The molecule has 1 N–H and O–H groups in total. The number of nitrogens with one attached hydrogen (secondary N) is 1. The minimum atomic E-state index is 0.212. The van der Waals surface area contributed by atoms with Gasteiger partial charge in [-0.05, 0) is 31.9 Å². The van der Waals surface area contributed by atoms with Crippen LogP contribution >= 0.6 is 0 Å². The Morgan fingerprint density at radius 2 is 2.17 bits per heavy atom. The highest BCUT2D eigenvalue weighted by Gasteiger charge is 2.26. The molecule has 1 saturated carbocycles. The summed E-state index contributed by atoms with van der Waals surface area (Å²) in [4.78, 5) is 18.3. The summed E-state index contributed by atoms with van der Waals surface area (Å²) in [6.45, 7) is 2.88. The van der Waals surface area contributed by atoms with Crippen LogP contribution in [0.25, 0.3) is 0 Å². The summed E-state index contributed by atoms with van der Waals surface area (Å²) in [7, 11) is 1.84. The van der Waals surface area contributed by atoms with Crippen LogP contribution in [0.4, 0.5) is 11.5 Å². The van der Waals surface area contributed by atoms with Crippen LogP contribution in [0.15, 0.2) is 18.3 Å². The van der Waals surface area contributed by atoms with E-state index in [2.05, 4.69) is 10.3 Å². The number of aromatic nitrogens is 1. The van der Waals surface area contributed by atoms with Gasteiger partial charge in [-0.15, -0.1) is 0 Å². The largest absolute Gasteiger partial charge is 0.370 e. The van der Waals surface area contributed by atoms with Crippen molar-refractivity contribution in [2.45, 2.75) is 32.6 Å². The number of carbonyl (C=O) groups excluding carboxylic acids is 1. The van der Waals surface area contributed by atoms with Crippen LogP contribution in [0.2, 0.25) is 0 Å². The molecule has 1 heterocycles. The third-order valence-corrected chi connectivity index (χ3v) is 3.53. The van der Waals surface area contributed by atoms with E-state index in [4.69, 9.17) is 0 Å². The monoisotopic (exact) mass is 247 g/mol. The summed E-state index contributed by atoms with van der Waals surface area (Å²) in [6.07, 6.45) is 6.19. The van der Waals surface area contributed by atoms with Gasteiger partial charge in [0.15, 0.2) is 0 Å². The molecule has 4 heteroatoms. The Labute approximate surface area is 108 Å². The lowest BCUT2D eigenvalue weighted by Gasteiger charge is -2.20. The molecule has 4 nitrogen and oxygen atoms in total. The van der Waals surface area contributed by atoms with Crippen molar-refractivity contribution in [3.63, 3.8) is 0 Å². The third kappa shape index (κ3) is 2.81. The van der Waals surface area contributed by atoms with E-state index in [1.54, 1.807) is 11.1 Å². The van der Waals surface area contributed by atoms with E-state index in [9.17, 15) is 4.79 Å². The van der Waals surface area contributed by atoms with Crippen molar-refractivity contribution in [1.29, 1.82) is 0 Å². The van der Waals surface area contributed by atoms with Crippen LogP contribution in [-0.2, 0) is 4.79 Å². The predicted molar refractivity (Wildman–Crippen MR) is 73.8 cm³/mol. The zero-order valence-electron chi connectivity index (χ0n) is 11.1. The van der Waals surface area contributed by atoms with Gasteiger partial charge in [-0.1, -0.05) is 12.8 Å². The number of amides is 1. The minimum absolute atomic E-state index is 0.212. The molecule has 1 amide bonds. The van der Waals surface area contributed by atoms with E-state index < -0.39 is 0 Å². The Morgan fingerprint density at radius 1 is 1.44 bits per heavy atom. The average molecular weight is 247 g/mol. The molecule has 0 saturated heterocycles. The molecule has 98 valence electrons. The van der Waals surface area contributed by atoms with E-state index in [1.165, 1.54) is 12.8 Å². The van der Waals surface area contributed by atoms with Gasteiger partial charge in [0.2, 0.25) is 5.91 Å². The van der Waals surface area contributed by atoms with Crippen LogP contribution in [0.3, 0.4) is 0 Å². The highest BCUT2D eigenvalue weighted by molar-refractivity contribution is 5.94. The zero-order valence-corrected chi connectivity index (χ0v) is 11.1. The smallest absolute Gasteiger partial charge is 0.229 e. The van der Waals surface area contributed by atoms with Gasteiger partial charge in [-0.2, -0.15) is 0 Å². The van der Waals surface area contributed by atoms with E-state index in [0.29, 0.717) is 0 Å². The quantitative estimate of drug-likeness (QED) is 0.889. The summed E-state index contributed by atoms with van der Waals surface area (Å²) in [5.74, 6) is 1.29. The number of hydrogen-bond acceptors (Lipinski definition) is 3. The van der Waals surface area contributed by atoms with E-state index in [1.807, 2.05) is 26.1 Å². The molecule has 2 rings (SSSR count). The lowest BCUT2D eigenvalue weighted by atomic mass is 10.1. The van der Waals surface area contributed by atoms with Crippen molar-refractivity contribution in [3.05, 3.63) is 18.3 Å². The fourth-order valence-electron chi connectivity index (χ4n) is 2.44. The highest BCUT2D eigenvalue weighted by Crippen LogP contribution is 2.27. The zero-order chi connectivity index (χ0) is 13.0. The highest BCUT2D eigenvalue weighted by atomic mass is 16.2. The van der Waals surface area contributed by atoms with Crippen LogP contribution < -0.4 is 10.2 Å². The van der Waals surface area contributed by atoms with Crippen LogP contribution in [0, 0.1) is 5.92 Å². The SMILES string of the molecule is CCNc1ccc(N(C)C(=O)C2CCCC2)cn1. The second kappa shape index (κ2) is 5.85. The summed E-state index contributed by atoms with van der Waals surface area (Å²) in [5.41, 5.74) is 0.869. The van der Waals surface area contributed by atoms with Gasteiger partial charge in [0.1, 0.15) is 5.82 Å². The topological polar surface area (TPSA) is 45.2 Å². The van der Waals surface area contributed by atoms with Gasteiger partial charge >= 0.3 is 0 Å². The first-order valence-electron chi connectivity index (χ1n) is 6.70. The molecule has 1 aliphatic carbocycles. The molecule has 0 aromatic carbocycles. The fourth-order valence-corrected chi connectivity index (χ4v) is 2.44. The van der Waals surface area contributed by atoms with E-state index in [-0.39, 0.29) is 11.8 Å². The van der Waals surface area contributed by atoms with Gasteiger partial charge in [0.25, 0.3) is 0 Å². The number of hydrogen-bond donors (Lipinski definition) is 1. The first-order chi connectivity index (χ1) is 8.72. The van der Waals surface area contributed by atoms with Crippen molar-refractivity contribution in [2.75, 3.05) is 23.8 Å². The maximum atomic E-state index is 12.2. The second-order valence-corrected chi connectivity index (χ2v) is 4.81. The molecule has 0 spiro atoms. The molecule has 1 aromatic heterocycles. The number of anilines is 2. The van der Waals surface area contributed by atoms with Crippen molar-refractivity contribution in [2.24, 2.45) is 5.92 Å². The standard InChI is InChI=1S/C14H21N3O/c1-3-15-13-9-8-12(10-16-13)17(2)14(18)11-6-4-5-7-11/h8-11H,3-7H2,1-2H3,(H,15,16). The average Bonchev–Trinajstić information content (AvgIpc) is 2.92. The second-order valence-electron chi connectivity index (χ2n) is 4.81. The van der Waals surface area contributed by atoms with Gasteiger partial charge in [0.05, 0.1) is 11.9 Å². The van der Waals surface area contributed by atoms with Crippen LogP contribution in [0.1, 0.15) is 32.6 Å². The van der Waals surface area contributed by atoms with E-state index >= 15 is 0 Å². The Morgan fingerprint density at radius 3 is 2.72 bits per heavy atom. The maximum Gasteiger partial charge on any atom is 0.229 e. The molecule has 1 aromatic rings. The van der Waals surface area contributed by atoms with Crippen molar-refractivity contribution in [1.82, 2.24) is 4.98 Å². The summed E-state index contributed by atoms with van der Waals surface area (Å²) >= 11 is 0. The van der Waals surface area contributed by atoms with Gasteiger partial charge in [-0.25, -0.2) is 4.98 Å². The normalized spacial score (nSPS) is 15.7. The van der Waals surface area contributed by atoms with Crippen molar-refractivity contribution >= 4 is 17.4 Å². The fraction of sp³-hybridized carbons (Fsp3) is 0.571. The molecule has 0 radical (unpaired) electrons. The first-order valence-corrected chi connectivity index (χ1v) is 6.70. The van der Waals surface area contributed by atoms with E-state index in [0.717, 1.165) is 30.9 Å². The van der Waals surface area contributed by atoms with Crippen molar-refractivity contribution < 1.29 is 4.79 Å². The molecule has 0 unspecified atom stereocenters. The minimum Gasteiger partial charge on any atom is -0.370 e. The molecule has 0 aliphatic heterocycles. The molecular weight excluding hydrogens is 226 g/mol. The van der Waals surface area contributed by atoms with Crippen LogP contribution in [-0.4, -0.2) is 24.5 Å². The lowest BCUT2D eigenvalue weighted by Crippen LogP contribution is -2.31. The molecule has 1 fully saturated rings. The Hall–Kier alpha value is -1.58. The van der Waals surface area contributed by atoms with Gasteiger partial charge < -0.3 is 10.2 Å². The Bertz CT molecular complexity index is 396. The Kier molecular flexibility index (Phi) is 4.18. The summed E-state index contributed by atoms with van der Waals surface area (Å²) in [6, 6.07) is 3.86. The molecular formula is C14H21N3O. The lowest BCUT2D eigenvalue weighted by molar-refractivity contribution is -0.121. The maximum absolute atomic E-state index is 12.2. The molecule has 18 heavy (non-hydrogen) atoms. The number of carbonyl (C=O) groups is 1. The van der Waals surface area contributed by atoms with Crippen LogP contribution in [0.5, 0.6) is 0 Å². The summed E-state index contributed by atoms with van der Waals surface area (Å²) in [5, 5.41) is 3.14. The predicted octanol–water partition coefficient (Wildman–Crippen LogP) is 2.67.